The third kappa shape index (κ3) is 4.58. The van der Waals surface area contributed by atoms with Crippen LogP contribution in [0.2, 0.25) is 5.02 Å². The van der Waals surface area contributed by atoms with Gasteiger partial charge in [-0.2, -0.15) is 0 Å². The summed E-state index contributed by atoms with van der Waals surface area (Å²) in [5.74, 6) is -3.17. The van der Waals surface area contributed by atoms with Gasteiger partial charge in [0, 0.05) is 18.0 Å². The van der Waals surface area contributed by atoms with Gasteiger partial charge in [-0.15, -0.1) is 12.4 Å². The Morgan fingerprint density at radius 1 is 1.45 bits per heavy atom. The van der Waals surface area contributed by atoms with E-state index in [1.807, 2.05) is 18.2 Å². The number of hydrogen-bond donors (Lipinski definition) is 2. The highest BCUT2D eigenvalue weighted by molar-refractivity contribution is 6.31. The number of amides is 1. The molecule has 1 aromatic rings. The molecule has 1 aromatic carbocycles. The van der Waals surface area contributed by atoms with E-state index in [1.165, 1.54) is 0 Å². The predicted molar refractivity (Wildman–Crippen MR) is 76.8 cm³/mol. The van der Waals surface area contributed by atoms with Crippen LogP contribution in [0.4, 0.5) is 8.78 Å². The van der Waals surface area contributed by atoms with Crippen molar-refractivity contribution < 1.29 is 13.6 Å². The van der Waals surface area contributed by atoms with Gasteiger partial charge in [-0.3, -0.25) is 10.1 Å². The van der Waals surface area contributed by atoms with Crippen molar-refractivity contribution in [3.8, 4) is 0 Å². The Balaban J connectivity index is 0.00000200. The molecule has 3 nitrogen and oxygen atoms in total. The van der Waals surface area contributed by atoms with Crippen LogP contribution in [-0.2, 0) is 11.2 Å². The summed E-state index contributed by atoms with van der Waals surface area (Å²) >= 11 is 5.98. The van der Waals surface area contributed by atoms with E-state index in [-0.39, 0.29) is 18.3 Å². The number of alkyl halides is 2. The molecule has 1 amide bonds. The van der Waals surface area contributed by atoms with E-state index in [1.54, 1.807) is 6.07 Å². The number of carbonyl (C=O) groups excluding carboxylic acids is 1. The second-order valence-corrected chi connectivity index (χ2v) is 5.03. The monoisotopic (exact) mass is 324 g/mol. The Bertz CT molecular complexity index is 471. The lowest BCUT2D eigenvalue weighted by Crippen LogP contribution is -2.41. The summed E-state index contributed by atoms with van der Waals surface area (Å²) in [6.45, 7) is -0.0537. The lowest BCUT2D eigenvalue weighted by Gasteiger charge is -2.11. The zero-order valence-electron chi connectivity index (χ0n) is 10.7. The Morgan fingerprint density at radius 3 is 2.75 bits per heavy atom. The topological polar surface area (TPSA) is 41.1 Å². The normalized spacial score (nSPS) is 20.2. The Kier molecular flexibility index (Phi) is 6.17. The first-order chi connectivity index (χ1) is 8.98. The van der Waals surface area contributed by atoms with Crippen molar-refractivity contribution in [2.24, 2.45) is 0 Å². The molecular weight excluding hydrogens is 309 g/mol. The van der Waals surface area contributed by atoms with Crippen LogP contribution < -0.4 is 10.6 Å². The van der Waals surface area contributed by atoms with E-state index in [0.29, 0.717) is 18.0 Å². The van der Waals surface area contributed by atoms with Crippen molar-refractivity contribution in [2.75, 3.05) is 13.1 Å². The minimum absolute atomic E-state index is 0. The van der Waals surface area contributed by atoms with Gasteiger partial charge in [0.05, 0.1) is 12.6 Å². The number of rotatable bonds is 4. The maximum absolute atomic E-state index is 12.9. The summed E-state index contributed by atoms with van der Waals surface area (Å²) in [7, 11) is 0. The van der Waals surface area contributed by atoms with Gasteiger partial charge in [0.25, 0.3) is 5.92 Å². The molecule has 1 aliphatic heterocycles. The minimum Gasteiger partial charge on any atom is -0.354 e. The van der Waals surface area contributed by atoms with E-state index >= 15 is 0 Å². The molecule has 1 heterocycles. The molecule has 0 bridgehead atoms. The zero-order chi connectivity index (χ0) is 13.9. The molecule has 0 radical (unpaired) electrons. The molecule has 20 heavy (non-hydrogen) atoms. The lowest BCUT2D eigenvalue weighted by molar-refractivity contribution is -0.123. The largest absolute Gasteiger partial charge is 0.354 e. The molecule has 0 aliphatic carbocycles. The highest BCUT2D eigenvalue weighted by Crippen LogP contribution is 2.25. The molecule has 2 rings (SSSR count). The maximum atomic E-state index is 12.9. The fourth-order valence-corrected chi connectivity index (χ4v) is 2.28. The van der Waals surface area contributed by atoms with Gasteiger partial charge in [-0.05, 0) is 18.1 Å². The first kappa shape index (κ1) is 17.1. The molecule has 7 heteroatoms. The smallest absolute Gasteiger partial charge is 0.262 e. The molecule has 0 spiro atoms. The van der Waals surface area contributed by atoms with E-state index in [9.17, 15) is 13.6 Å². The van der Waals surface area contributed by atoms with Crippen LogP contribution in [0.15, 0.2) is 24.3 Å². The van der Waals surface area contributed by atoms with Gasteiger partial charge in [0.1, 0.15) is 0 Å². The third-order valence-electron chi connectivity index (χ3n) is 3.08. The third-order valence-corrected chi connectivity index (χ3v) is 3.45. The molecule has 112 valence electrons. The van der Waals surface area contributed by atoms with Crippen LogP contribution in [0.1, 0.15) is 12.0 Å². The molecule has 0 saturated carbocycles. The molecule has 1 fully saturated rings. The number of benzene rings is 1. The second-order valence-electron chi connectivity index (χ2n) is 4.63. The molecule has 1 atom stereocenters. The van der Waals surface area contributed by atoms with Gasteiger partial charge >= 0.3 is 0 Å². The van der Waals surface area contributed by atoms with Crippen molar-refractivity contribution in [1.82, 2.24) is 10.6 Å². The van der Waals surface area contributed by atoms with Gasteiger partial charge in [-0.1, -0.05) is 29.8 Å². The number of hydrogen-bond acceptors (Lipinski definition) is 2. The van der Waals surface area contributed by atoms with Crippen LogP contribution in [0.5, 0.6) is 0 Å². The Morgan fingerprint density at radius 2 is 2.15 bits per heavy atom. The molecular formula is C13H16Cl2F2N2O. The predicted octanol–water partition coefficient (Wildman–Crippen LogP) is 2.42. The quantitative estimate of drug-likeness (QED) is 0.893. The van der Waals surface area contributed by atoms with Crippen molar-refractivity contribution >= 4 is 29.9 Å². The molecule has 0 aromatic heterocycles. The van der Waals surface area contributed by atoms with Crippen LogP contribution >= 0.6 is 24.0 Å². The van der Waals surface area contributed by atoms with E-state index < -0.39 is 24.9 Å². The van der Waals surface area contributed by atoms with Crippen LogP contribution in [0, 0.1) is 0 Å². The zero-order valence-corrected chi connectivity index (χ0v) is 12.2. The van der Waals surface area contributed by atoms with Gasteiger partial charge in [0.15, 0.2) is 0 Å². The fraction of sp³-hybridized carbons (Fsp3) is 0.462. The summed E-state index contributed by atoms with van der Waals surface area (Å²) in [6.07, 6.45) is 0.138. The Labute approximate surface area is 127 Å². The summed E-state index contributed by atoms with van der Waals surface area (Å²) in [5, 5.41) is 5.80. The van der Waals surface area contributed by atoms with Crippen molar-refractivity contribution in [3.05, 3.63) is 34.9 Å². The first-order valence-electron chi connectivity index (χ1n) is 6.10. The number of halogens is 4. The minimum atomic E-state index is -2.79. The molecule has 2 N–H and O–H groups in total. The van der Waals surface area contributed by atoms with Crippen molar-refractivity contribution in [3.63, 3.8) is 0 Å². The van der Waals surface area contributed by atoms with E-state index in [4.69, 9.17) is 11.6 Å². The number of nitrogens with one attached hydrogen (secondary N) is 2. The fourth-order valence-electron chi connectivity index (χ4n) is 2.05. The van der Waals surface area contributed by atoms with Gasteiger partial charge < -0.3 is 5.32 Å². The van der Waals surface area contributed by atoms with Gasteiger partial charge in [0.2, 0.25) is 5.91 Å². The van der Waals surface area contributed by atoms with Crippen LogP contribution in [0.25, 0.3) is 0 Å². The lowest BCUT2D eigenvalue weighted by atomic mass is 10.1. The SMILES string of the molecule is Cl.O=C(NCCc1ccccc1Cl)C1CC(F)(F)CN1. The molecule has 1 saturated heterocycles. The van der Waals surface area contributed by atoms with Crippen LogP contribution in [0.3, 0.4) is 0 Å². The van der Waals surface area contributed by atoms with Crippen molar-refractivity contribution in [2.45, 2.75) is 24.8 Å². The summed E-state index contributed by atoms with van der Waals surface area (Å²) in [6, 6.07) is 6.53. The highest BCUT2D eigenvalue weighted by Gasteiger charge is 2.42. The summed E-state index contributed by atoms with van der Waals surface area (Å²) in [4.78, 5) is 11.7. The Hall–Kier alpha value is -0.910. The average molecular weight is 325 g/mol. The summed E-state index contributed by atoms with van der Waals surface area (Å²) < 4.78 is 25.9. The van der Waals surface area contributed by atoms with Gasteiger partial charge in [-0.25, -0.2) is 8.78 Å². The highest BCUT2D eigenvalue weighted by atomic mass is 35.5. The standard InChI is InChI=1S/C13H15ClF2N2O.ClH/c14-10-4-2-1-3-9(10)5-6-17-12(19)11-7-13(15,16)8-18-11;/h1-4,11,18H,5-8H2,(H,17,19);1H. The molecule has 1 unspecified atom stereocenters. The first-order valence-corrected chi connectivity index (χ1v) is 6.48. The maximum Gasteiger partial charge on any atom is 0.262 e. The van der Waals surface area contributed by atoms with E-state index in [0.717, 1.165) is 5.56 Å². The second kappa shape index (κ2) is 7.20. The van der Waals surface area contributed by atoms with E-state index in [2.05, 4.69) is 10.6 Å². The average Bonchev–Trinajstić information content (AvgIpc) is 2.72. The van der Waals surface area contributed by atoms with Crippen molar-refractivity contribution in [1.29, 1.82) is 0 Å². The summed E-state index contributed by atoms with van der Waals surface area (Å²) in [5.41, 5.74) is 0.925. The van der Waals surface area contributed by atoms with Crippen LogP contribution in [-0.4, -0.2) is 31.0 Å². The number of carbonyl (C=O) groups is 1. The molecule has 1 aliphatic rings.